The minimum atomic E-state index is 0.134. The fourth-order valence-electron chi connectivity index (χ4n) is 3.88. The molecule has 1 heterocycles. The molecule has 1 N–H and O–H groups in total. The first kappa shape index (κ1) is 21.1. The molecule has 1 saturated heterocycles. The standard InChI is InChI=1S/C26H37NO/c1-25(2,3)21-15-19(16-22(17-21)26(4,5)6)18-28-23-13-10-14-27-24(23)20-11-8-7-9-12-20/h7-9,11-12,15-17,23-24,27H,10,13-14,18H2,1-6H3/t23-,24-/m0/s1. The Kier molecular flexibility index (Phi) is 6.31. The Labute approximate surface area is 171 Å². The van der Waals surface area contributed by atoms with Gasteiger partial charge in [0.1, 0.15) is 0 Å². The Hall–Kier alpha value is -1.64. The largest absolute Gasteiger partial charge is 0.372 e. The maximum Gasteiger partial charge on any atom is 0.0774 e. The molecule has 2 aromatic carbocycles. The summed E-state index contributed by atoms with van der Waals surface area (Å²) in [6.07, 6.45) is 2.49. The summed E-state index contributed by atoms with van der Waals surface area (Å²) in [5.41, 5.74) is 5.66. The molecule has 2 heteroatoms. The van der Waals surface area contributed by atoms with Crippen molar-refractivity contribution in [2.75, 3.05) is 6.54 Å². The van der Waals surface area contributed by atoms with Crippen LogP contribution in [0.4, 0.5) is 0 Å². The van der Waals surface area contributed by atoms with Crippen LogP contribution in [0.5, 0.6) is 0 Å². The fraction of sp³-hybridized carbons (Fsp3) is 0.538. The highest BCUT2D eigenvalue weighted by Gasteiger charge is 2.27. The molecule has 2 aromatic rings. The third-order valence-electron chi connectivity index (χ3n) is 5.75. The first-order valence-electron chi connectivity index (χ1n) is 10.7. The van der Waals surface area contributed by atoms with E-state index in [0.717, 1.165) is 13.0 Å². The summed E-state index contributed by atoms with van der Waals surface area (Å²) in [5.74, 6) is 0. The molecule has 1 aliphatic rings. The minimum absolute atomic E-state index is 0.134. The number of hydrogen-bond acceptors (Lipinski definition) is 2. The number of ether oxygens (including phenoxy) is 1. The highest BCUT2D eigenvalue weighted by atomic mass is 16.5. The number of nitrogens with one attached hydrogen (secondary N) is 1. The monoisotopic (exact) mass is 379 g/mol. The van der Waals surface area contributed by atoms with Crippen LogP contribution in [0.3, 0.4) is 0 Å². The van der Waals surface area contributed by atoms with Crippen LogP contribution in [0.15, 0.2) is 48.5 Å². The SMILES string of the molecule is CC(C)(C)c1cc(CO[C@H]2CCCN[C@H]2c2ccccc2)cc(C(C)(C)C)c1. The van der Waals surface area contributed by atoms with Crippen molar-refractivity contribution in [2.24, 2.45) is 0 Å². The van der Waals surface area contributed by atoms with Crippen molar-refractivity contribution >= 4 is 0 Å². The predicted octanol–water partition coefficient (Wildman–Crippen LogP) is 6.29. The highest BCUT2D eigenvalue weighted by Crippen LogP contribution is 2.32. The van der Waals surface area contributed by atoms with Gasteiger partial charge in [-0.15, -0.1) is 0 Å². The Morgan fingerprint density at radius 3 is 2.07 bits per heavy atom. The van der Waals surface area contributed by atoms with Gasteiger partial charge in [0.05, 0.1) is 18.8 Å². The fourth-order valence-corrected chi connectivity index (χ4v) is 3.88. The van der Waals surface area contributed by atoms with Gasteiger partial charge in [0.25, 0.3) is 0 Å². The van der Waals surface area contributed by atoms with Crippen molar-refractivity contribution in [3.05, 3.63) is 70.8 Å². The van der Waals surface area contributed by atoms with Gasteiger partial charge in [-0.2, -0.15) is 0 Å². The van der Waals surface area contributed by atoms with Crippen LogP contribution >= 0.6 is 0 Å². The lowest BCUT2D eigenvalue weighted by atomic mass is 9.79. The maximum absolute atomic E-state index is 6.51. The number of hydrogen-bond donors (Lipinski definition) is 1. The zero-order chi connectivity index (χ0) is 20.4. The summed E-state index contributed by atoms with van der Waals surface area (Å²) in [4.78, 5) is 0. The quantitative estimate of drug-likeness (QED) is 0.674. The van der Waals surface area contributed by atoms with Gasteiger partial charge in [-0.05, 0) is 52.5 Å². The van der Waals surface area contributed by atoms with Gasteiger partial charge in [0.15, 0.2) is 0 Å². The lowest BCUT2D eigenvalue weighted by Gasteiger charge is -2.33. The van der Waals surface area contributed by atoms with E-state index >= 15 is 0 Å². The van der Waals surface area contributed by atoms with E-state index in [-0.39, 0.29) is 23.0 Å². The zero-order valence-corrected chi connectivity index (χ0v) is 18.5. The van der Waals surface area contributed by atoms with Crippen molar-refractivity contribution < 1.29 is 4.74 Å². The first-order valence-corrected chi connectivity index (χ1v) is 10.7. The van der Waals surface area contributed by atoms with E-state index in [9.17, 15) is 0 Å². The van der Waals surface area contributed by atoms with Crippen LogP contribution in [0.1, 0.15) is 82.7 Å². The van der Waals surface area contributed by atoms with E-state index in [1.165, 1.54) is 28.7 Å². The summed E-state index contributed by atoms with van der Waals surface area (Å²) in [7, 11) is 0. The molecule has 1 fully saturated rings. The normalized spacial score (nSPS) is 20.9. The van der Waals surface area contributed by atoms with Crippen molar-refractivity contribution in [3.63, 3.8) is 0 Å². The molecule has 0 aliphatic carbocycles. The summed E-state index contributed by atoms with van der Waals surface area (Å²) >= 11 is 0. The predicted molar refractivity (Wildman–Crippen MR) is 119 cm³/mol. The Morgan fingerprint density at radius 1 is 0.893 bits per heavy atom. The van der Waals surface area contributed by atoms with E-state index in [0.29, 0.717) is 6.61 Å². The lowest BCUT2D eigenvalue weighted by molar-refractivity contribution is -0.00364. The van der Waals surface area contributed by atoms with Gasteiger partial charge in [-0.3, -0.25) is 0 Å². The molecule has 1 aliphatic heterocycles. The van der Waals surface area contributed by atoms with Crippen LogP contribution in [0, 0.1) is 0 Å². The maximum atomic E-state index is 6.51. The molecule has 0 saturated carbocycles. The van der Waals surface area contributed by atoms with Gasteiger partial charge in [-0.1, -0.05) is 90.1 Å². The van der Waals surface area contributed by atoms with Gasteiger partial charge < -0.3 is 10.1 Å². The summed E-state index contributed by atoms with van der Waals surface area (Å²) in [6, 6.07) is 18.0. The van der Waals surface area contributed by atoms with E-state index < -0.39 is 0 Å². The third-order valence-corrected chi connectivity index (χ3v) is 5.75. The molecule has 0 radical (unpaired) electrons. The van der Waals surface area contributed by atoms with E-state index in [1.807, 2.05) is 0 Å². The van der Waals surface area contributed by atoms with Gasteiger partial charge in [-0.25, -0.2) is 0 Å². The number of rotatable bonds is 4. The van der Waals surface area contributed by atoms with E-state index in [1.54, 1.807) is 0 Å². The topological polar surface area (TPSA) is 21.3 Å². The van der Waals surface area contributed by atoms with Crippen molar-refractivity contribution in [3.8, 4) is 0 Å². The smallest absolute Gasteiger partial charge is 0.0774 e. The molecule has 2 atom stereocenters. The summed E-state index contributed by atoms with van der Waals surface area (Å²) in [6.45, 7) is 15.5. The molecule has 3 rings (SSSR count). The first-order chi connectivity index (χ1) is 13.1. The zero-order valence-electron chi connectivity index (χ0n) is 18.5. The minimum Gasteiger partial charge on any atom is -0.372 e. The molecule has 2 nitrogen and oxygen atoms in total. The third kappa shape index (κ3) is 5.24. The highest BCUT2D eigenvalue weighted by molar-refractivity contribution is 5.37. The molecule has 0 amide bonds. The Morgan fingerprint density at radius 2 is 1.50 bits per heavy atom. The summed E-state index contributed by atoms with van der Waals surface area (Å²) < 4.78 is 6.51. The molecule has 0 unspecified atom stereocenters. The van der Waals surface area contributed by atoms with Gasteiger partial charge in [0.2, 0.25) is 0 Å². The average Bonchev–Trinajstić information content (AvgIpc) is 2.66. The Bertz CT molecular complexity index is 735. The summed E-state index contributed by atoms with van der Waals surface area (Å²) in [5, 5.41) is 3.67. The second-order valence-electron chi connectivity index (χ2n) is 10.3. The van der Waals surface area contributed by atoms with Crippen molar-refractivity contribution in [1.29, 1.82) is 0 Å². The average molecular weight is 380 g/mol. The number of benzene rings is 2. The Balaban J connectivity index is 1.81. The second kappa shape index (κ2) is 8.39. The van der Waals surface area contributed by atoms with Crippen molar-refractivity contribution in [2.45, 2.75) is 84.0 Å². The van der Waals surface area contributed by atoms with Crippen LogP contribution in [0.2, 0.25) is 0 Å². The molecular formula is C26H37NO. The van der Waals surface area contributed by atoms with Gasteiger partial charge >= 0.3 is 0 Å². The second-order valence-corrected chi connectivity index (χ2v) is 10.3. The number of piperidine rings is 1. The van der Waals surface area contributed by atoms with Crippen LogP contribution < -0.4 is 5.32 Å². The molecule has 0 spiro atoms. The van der Waals surface area contributed by atoms with Crippen LogP contribution in [0.25, 0.3) is 0 Å². The van der Waals surface area contributed by atoms with E-state index in [2.05, 4.69) is 95.4 Å². The molecule has 0 aromatic heterocycles. The van der Waals surface area contributed by atoms with Crippen molar-refractivity contribution in [1.82, 2.24) is 5.32 Å². The van der Waals surface area contributed by atoms with Crippen LogP contribution in [-0.4, -0.2) is 12.6 Å². The molecular weight excluding hydrogens is 342 g/mol. The molecule has 152 valence electrons. The molecule has 0 bridgehead atoms. The van der Waals surface area contributed by atoms with Crippen LogP contribution in [-0.2, 0) is 22.2 Å². The molecule has 28 heavy (non-hydrogen) atoms. The van der Waals surface area contributed by atoms with Gasteiger partial charge in [0, 0.05) is 0 Å². The van der Waals surface area contributed by atoms with E-state index in [4.69, 9.17) is 4.74 Å². The lowest BCUT2D eigenvalue weighted by Crippen LogP contribution is -2.39.